The summed E-state index contributed by atoms with van der Waals surface area (Å²) in [5.74, 6) is 0. The van der Waals surface area contributed by atoms with E-state index in [1.54, 1.807) is 0 Å². The molecule has 0 bridgehead atoms. The first-order chi connectivity index (χ1) is 9.30. The number of likely N-dealkylation sites (N-methyl/N-ethyl adjacent to an activating group) is 1. The Kier molecular flexibility index (Phi) is 6.92. The standard InChI is InChI=1S/C16H34N2O2/c1-5-18(6-2)12-14(19)11-17-13-16(20)9-7-15(3,4)8-10-16/h14,17,19-20H,5-13H2,1-4H3. The van der Waals surface area contributed by atoms with Crippen LogP contribution in [-0.2, 0) is 0 Å². The SMILES string of the molecule is CCN(CC)CC(O)CNCC1(O)CCC(C)(C)CC1. The van der Waals surface area contributed by atoms with Gasteiger partial charge in [-0.15, -0.1) is 0 Å². The first-order valence-electron chi connectivity index (χ1n) is 8.14. The van der Waals surface area contributed by atoms with Crippen LogP contribution in [0.1, 0.15) is 53.4 Å². The van der Waals surface area contributed by atoms with Gasteiger partial charge in [0.1, 0.15) is 0 Å². The van der Waals surface area contributed by atoms with Crippen molar-refractivity contribution < 1.29 is 10.2 Å². The summed E-state index contributed by atoms with van der Waals surface area (Å²) in [4.78, 5) is 2.21. The van der Waals surface area contributed by atoms with Gasteiger partial charge in [-0.1, -0.05) is 27.7 Å². The molecule has 1 aliphatic rings. The van der Waals surface area contributed by atoms with E-state index in [2.05, 4.69) is 37.9 Å². The molecule has 0 spiro atoms. The van der Waals surface area contributed by atoms with Gasteiger partial charge in [0.2, 0.25) is 0 Å². The topological polar surface area (TPSA) is 55.7 Å². The molecule has 0 aliphatic heterocycles. The van der Waals surface area contributed by atoms with E-state index in [0.717, 1.165) is 38.8 Å². The third-order valence-electron chi connectivity index (χ3n) is 4.73. The van der Waals surface area contributed by atoms with Crippen LogP contribution in [0.4, 0.5) is 0 Å². The fourth-order valence-electron chi connectivity index (χ4n) is 2.88. The summed E-state index contributed by atoms with van der Waals surface area (Å²) >= 11 is 0. The van der Waals surface area contributed by atoms with Gasteiger partial charge >= 0.3 is 0 Å². The van der Waals surface area contributed by atoms with Crippen molar-refractivity contribution in [1.82, 2.24) is 10.2 Å². The Bertz CT molecular complexity index is 268. The number of rotatable bonds is 8. The number of aliphatic hydroxyl groups is 2. The summed E-state index contributed by atoms with van der Waals surface area (Å²) in [6.45, 7) is 12.5. The zero-order valence-electron chi connectivity index (χ0n) is 13.8. The molecule has 1 unspecified atom stereocenters. The Morgan fingerprint density at radius 3 is 2.15 bits per heavy atom. The highest BCUT2D eigenvalue weighted by molar-refractivity contribution is 4.90. The van der Waals surface area contributed by atoms with Gasteiger partial charge in [-0.05, 0) is 44.2 Å². The van der Waals surface area contributed by atoms with Crippen LogP contribution in [0.15, 0.2) is 0 Å². The van der Waals surface area contributed by atoms with E-state index >= 15 is 0 Å². The summed E-state index contributed by atoms with van der Waals surface area (Å²) in [5.41, 5.74) is -0.209. The molecule has 1 atom stereocenters. The minimum atomic E-state index is -0.579. The molecule has 0 aromatic carbocycles. The molecule has 0 aromatic rings. The third-order valence-corrected chi connectivity index (χ3v) is 4.73. The lowest BCUT2D eigenvalue weighted by atomic mass is 9.71. The van der Waals surface area contributed by atoms with Crippen molar-refractivity contribution in [2.45, 2.75) is 65.1 Å². The maximum Gasteiger partial charge on any atom is 0.0791 e. The van der Waals surface area contributed by atoms with Crippen molar-refractivity contribution >= 4 is 0 Å². The van der Waals surface area contributed by atoms with Crippen molar-refractivity contribution in [3.05, 3.63) is 0 Å². The summed E-state index contributed by atoms with van der Waals surface area (Å²) in [7, 11) is 0. The van der Waals surface area contributed by atoms with Crippen LogP contribution in [-0.4, -0.2) is 59.5 Å². The van der Waals surface area contributed by atoms with Gasteiger partial charge in [0, 0.05) is 19.6 Å². The second-order valence-corrected chi connectivity index (χ2v) is 7.16. The molecule has 0 aromatic heterocycles. The highest BCUT2D eigenvalue weighted by Gasteiger charge is 2.36. The van der Waals surface area contributed by atoms with Crippen LogP contribution in [0, 0.1) is 5.41 Å². The summed E-state index contributed by atoms with van der Waals surface area (Å²) < 4.78 is 0. The van der Waals surface area contributed by atoms with Crippen molar-refractivity contribution in [3.63, 3.8) is 0 Å². The summed E-state index contributed by atoms with van der Waals surface area (Å²) in [6.07, 6.45) is 3.51. The maximum atomic E-state index is 10.5. The second kappa shape index (κ2) is 7.74. The van der Waals surface area contributed by atoms with E-state index in [1.807, 2.05) is 0 Å². The van der Waals surface area contributed by atoms with E-state index in [0.29, 0.717) is 25.0 Å². The number of hydrogen-bond acceptors (Lipinski definition) is 4. The van der Waals surface area contributed by atoms with E-state index in [1.165, 1.54) is 0 Å². The molecule has 0 saturated heterocycles. The molecular formula is C16H34N2O2. The smallest absolute Gasteiger partial charge is 0.0791 e. The van der Waals surface area contributed by atoms with Crippen LogP contribution in [0.5, 0.6) is 0 Å². The predicted molar refractivity (Wildman–Crippen MR) is 83.9 cm³/mol. The number of nitrogens with zero attached hydrogens (tertiary/aromatic N) is 1. The molecule has 1 aliphatic carbocycles. The van der Waals surface area contributed by atoms with Gasteiger partial charge in [-0.2, -0.15) is 0 Å². The molecule has 0 heterocycles. The number of nitrogens with one attached hydrogen (secondary N) is 1. The van der Waals surface area contributed by atoms with Gasteiger partial charge in [0.15, 0.2) is 0 Å². The molecule has 20 heavy (non-hydrogen) atoms. The Balaban J connectivity index is 2.23. The molecule has 1 fully saturated rings. The molecule has 120 valence electrons. The lowest BCUT2D eigenvalue weighted by Gasteiger charge is -2.40. The highest BCUT2D eigenvalue weighted by Crippen LogP contribution is 2.39. The van der Waals surface area contributed by atoms with E-state index in [9.17, 15) is 10.2 Å². The van der Waals surface area contributed by atoms with Crippen LogP contribution in [0.2, 0.25) is 0 Å². The van der Waals surface area contributed by atoms with E-state index in [4.69, 9.17) is 0 Å². The molecule has 1 saturated carbocycles. The highest BCUT2D eigenvalue weighted by atomic mass is 16.3. The van der Waals surface area contributed by atoms with Gasteiger partial charge in [-0.25, -0.2) is 0 Å². The van der Waals surface area contributed by atoms with Crippen molar-refractivity contribution in [1.29, 1.82) is 0 Å². The third kappa shape index (κ3) is 6.08. The van der Waals surface area contributed by atoms with E-state index in [-0.39, 0.29) is 6.10 Å². The number of aliphatic hydroxyl groups excluding tert-OH is 1. The normalized spacial score (nSPS) is 22.9. The average Bonchev–Trinajstić information content (AvgIpc) is 2.40. The van der Waals surface area contributed by atoms with E-state index < -0.39 is 5.60 Å². The average molecular weight is 286 g/mol. The lowest BCUT2D eigenvalue weighted by molar-refractivity contribution is -0.0262. The van der Waals surface area contributed by atoms with Gasteiger partial charge in [0.05, 0.1) is 11.7 Å². The molecule has 4 heteroatoms. The largest absolute Gasteiger partial charge is 0.390 e. The zero-order valence-corrected chi connectivity index (χ0v) is 13.8. The second-order valence-electron chi connectivity index (χ2n) is 7.16. The van der Waals surface area contributed by atoms with Crippen LogP contribution < -0.4 is 5.32 Å². The fourth-order valence-corrected chi connectivity index (χ4v) is 2.88. The monoisotopic (exact) mass is 286 g/mol. The minimum absolute atomic E-state index is 0.362. The van der Waals surface area contributed by atoms with Gasteiger partial charge in [-0.3, -0.25) is 0 Å². The first-order valence-corrected chi connectivity index (χ1v) is 8.14. The van der Waals surface area contributed by atoms with Gasteiger partial charge in [0.25, 0.3) is 0 Å². The molecule has 3 N–H and O–H groups in total. The summed E-state index contributed by atoms with van der Waals surface area (Å²) in [5, 5.41) is 23.8. The van der Waals surface area contributed by atoms with Crippen molar-refractivity contribution in [3.8, 4) is 0 Å². The Hall–Kier alpha value is -0.160. The molecular weight excluding hydrogens is 252 g/mol. The summed E-state index contributed by atoms with van der Waals surface area (Å²) in [6, 6.07) is 0. The van der Waals surface area contributed by atoms with Crippen LogP contribution in [0.25, 0.3) is 0 Å². The fraction of sp³-hybridized carbons (Fsp3) is 1.00. The Morgan fingerprint density at radius 2 is 1.65 bits per heavy atom. The number of hydrogen-bond donors (Lipinski definition) is 3. The van der Waals surface area contributed by atoms with Crippen molar-refractivity contribution in [2.75, 3.05) is 32.7 Å². The van der Waals surface area contributed by atoms with Crippen LogP contribution >= 0.6 is 0 Å². The lowest BCUT2D eigenvalue weighted by Crippen LogP contribution is -2.47. The first kappa shape index (κ1) is 17.9. The predicted octanol–water partition coefficient (Wildman–Crippen LogP) is 1.61. The van der Waals surface area contributed by atoms with Gasteiger partial charge < -0.3 is 20.4 Å². The molecule has 4 nitrogen and oxygen atoms in total. The zero-order chi connectivity index (χ0) is 15.2. The van der Waals surface area contributed by atoms with Crippen LogP contribution in [0.3, 0.4) is 0 Å². The Morgan fingerprint density at radius 1 is 1.10 bits per heavy atom. The quantitative estimate of drug-likeness (QED) is 0.634. The Labute approximate surface area is 124 Å². The minimum Gasteiger partial charge on any atom is -0.390 e. The molecule has 0 radical (unpaired) electrons. The maximum absolute atomic E-state index is 10.5. The molecule has 1 rings (SSSR count). The van der Waals surface area contributed by atoms with Crippen molar-refractivity contribution in [2.24, 2.45) is 5.41 Å². The molecule has 0 amide bonds.